The minimum atomic E-state index is -0.415. The molecular formula is C34H44N6O5. The predicted octanol–water partition coefficient (Wildman–Crippen LogP) is 6.18. The molecule has 3 amide bonds. The molecule has 0 fully saturated rings. The van der Waals surface area contributed by atoms with E-state index in [1.165, 1.54) is 0 Å². The van der Waals surface area contributed by atoms with Gasteiger partial charge in [0.25, 0.3) is 5.91 Å². The summed E-state index contributed by atoms with van der Waals surface area (Å²) in [4.78, 5) is 34.8. The van der Waals surface area contributed by atoms with Crippen LogP contribution >= 0.6 is 0 Å². The lowest BCUT2D eigenvalue weighted by Gasteiger charge is -2.24. The predicted molar refractivity (Wildman–Crippen MR) is 177 cm³/mol. The van der Waals surface area contributed by atoms with Gasteiger partial charge in [-0.25, -0.2) is 4.79 Å². The van der Waals surface area contributed by atoms with Gasteiger partial charge in [-0.15, -0.1) is 0 Å². The molecule has 2 heterocycles. The highest BCUT2D eigenvalue weighted by atomic mass is 16.6. The van der Waals surface area contributed by atoms with E-state index in [0.717, 1.165) is 24.9 Å². The van der Waals surface area contributed by atoms with Crippen molar-refractivity contribution in [1.82, 2.24) is 14.8 Å². The molecule has 1 aromatic heterocycles. The Morgan fingerprint density at radius 1 is 0.911 bits per heavy atom. The number of fused-ring (bicyclic) bond motifs is 1. The van der Waals surface area contributed by atoms with Gasteiger partial charge in [-0.3, -0.25) is 9.78 Å². The number of pyridine rings is 1. The number of anilines is 3. The fourth-order valence-corrected chi connectivity index (χ4v) is 4.61. The van der Waals surface area contributed by atoms with E-state index in [1.54, 1.807) is 41.4 Å². The van der Waals surface area contributed by atoms with Crippen LogP contribution in [0.2, 0.25) is 0 Å². The standard InChI is InChI=1S/C34H44N6O5/c1-24(45-34(2,3)4)36-27-11-7-8-12-28(27)38-32(41)29-15-13-25(22-35-29)23-40(18-10-9-17-39(5)6)33(42)37-26-14-16-30-31(21-26)44-20-19-43-30/h7-8,11-16,21-22,36H,1,9-10,17-20,23H2,2-6H3,(H,37,42)(H,38,41). The number of nitrogens with zero attached hydrogens (tertiary/aromatic N) is 3. The van der Waals surface area contributed by atoms with Gasteiger partial charge in [0.1, 0.15) is 24.5 Å². The van der Waals surface area contributed by atoms with E-state index < -0.39 is 5.60 Å². The average molecular weight is 617 g/mol. The Morgan fingerprint density at radius 2 is 1.60 bits per heavy atom. The quantitative estimate of drug-likeness (QED) is 0.154. The molecule has 4 rings (SSSR count). The van der Waals surface area contributed by atoms with Gasteiger partial charge in [0.15, 0.2) is 17.4 Å². The maximum atomic E-state index is 13.4. The molecule has 2 aromatic carbocycles. The molecule has 0 atom stereocenters. The molecule has 0 spiro atoms. The molecule has 3 N–H and O–H groups in total. The Balaban J connectivity index is 1.41. The van der Waals surface area contributed by atoms with Crippen molar-refractivity contribution < 1.29 is 23.8 Å². The Labute approximate surface area is 265 Å². The van der Waals surface area contributed by atoms with E-state index in [2.05, 4.69) is 32.4 Å². The molecule has 11 nitrogen and oxygen atoms in total. The Kier molecular flexibility index (Phi) is 11.3. The first-order chi connectivity index (χ1) is 21.5. The second-order valence-electron chi connectivity index (χ2n) is 12.0. The lowest BCUT2D eigenvalue weighted by atomic mass is 10.2. The minimum absolute atomic E-state index is 0.237. The third-order valence-electron chi connectivity index (χ3n) is 6.67. The summed E-state index contributed by atoms with van der Waals surface area (Å²) < 4.78 is 17.0. The van der Waals surface area contributed by atoms with Crippen molar-refractivity contribution in [2.45, 2.75) is 45.8 Å². The molecule has 1 aliphatic rings. The van der Waals surface area contributed by atoms with Crippen LogP contribution in [0.4, 0.5) is 21.9 Å². The SMILES string of the molecule is C=C(Nc1ccccc1NC(=O)c1ccc(CN(CCCCN(C)C)C(=O)Nc2ccc3c(c2)OCCO3)cn1)OC(C)(C)C. The van der Waals surface area contributed by atoms with E-state index in [1.807, 2.05) is 59.1 Å². The molecular weight excluding hydrogens is 572 g/mol. The van der Waals surface area contributed by atoms with Crippen LogP contribution in [0.15, 0.2) is 73.3 Å². The summed E-state index contributed by atoms with van der Waals surface area (Å²) in [5.74, 6) is 1.27. The van der Waals surface area contributed by atoms with Crippen molar-refractivity contribution in [3.05, 3.63) is 84.5 Å². The van der Waals surface area contributed by atoms with E-state index >= 15 is 0 Å². The van der Waals surface area contributed by atoms with E-state index in [0.29, 0.717) is 60.7 Å². The van der Waals surface area contributed by atoms with E-state index in [9.17, 15) is 9.59 Å². The lowest BCUT2D eigenvalue weighted by molar-refractivity contribution is 0.0565. The molecule has 11 heteroatoms. The highest BCUT2D eigenvalue weighted by Crippen LogP contribution is 2.32. The molecule has 0 bridgehead atoms. The Bertz CT molecular complexity index is 1470. The topological polar surface area (TPSA) is 117 Å². The first-order valence-corrected chi connectivity index (χ1v) is 15.1. The zero-order chi connectivity index (χ0) is 32.4. The Morgan fingerprint density at radius 3 is 2.27 bits per heavy atom. The van der Waals surface area contributed by atoms with Crippen molar-refractivity contribution in [3.63, 3.8) is 0 Å². The summed E-state index contributed by atoms with van der Waals surface area (Å²) >= 11 is 0. The molecule has 1 aliphatic heterocycles. The number of urea groups is 1. The summed E-state index contributed by atoms with van der Waals surface area (Å²) in [5.41, 5.74) is 2.46. The first-order valence-electron chi connectivity index (χ1n) is 15.1. The summed E-state index contributed by atoms with van der Waals surface area (Å²) in [5, 5.41) is 9.01. The minimum Gasteiger partial charge on any atom is -0.486 e. The molecule has 0 unspecified atom stereocenters. The van der Waals surface area contributed by atoms with Crippen LogP contribution in [0, 0.1) is 0 Å². The third kappa shape index (κ3) is 10.4. The Hall–Kier alpha value is -4.77. The van der Waals surface area contributed by atoms with Gasteiger partial charge in [0, 0.05) is 31.0 Å². The van der Waals surface area contributed by atoms with Gasteiger partial charge in [-0.05, 0) is 96.7 Å². The first kappa shape index (κ1) is 33.1. The van der Waals surface area contributed by atoms with Crippen LogP contribution in [0.1, 0.15) is 49.7 Å². The van der Waals surface area contributed by atoms with Gasteiger partial charge < -0.3 is 40.0 Å². The van der Waals surface area contributed by atoms with Gasteiger partial charge in [0.05, 0.1) is 11.4 Å². The van der Waals surface area contributed by atoms with Gasteiger partial charge in [-0.1, -0.05) is 18.2 Å². The van der Waals surface area contributed by atoms with Gasteiger partial charge >= 0.3 is 6.03 Å². The normalized spacial score (nSPS) is 12.3. The van der Waals surface area contributed by atoms with Crippen LogP contribution in [-0.4, -0.2) is 72.7 Å². The second-order valence-corrected chi connectivity index (χ2v) is 12.0. The number of para-hydroxylation sites is 2. The molecule has 0 saturated heterocycles. The fraction of sp³-hybridized carbons (Fsp3) is 0.382. The smallest absolute Gasteiger partial charge is 0.322 e. The fourth-order valence-electron chi connectivity index (χ4n) is 4.61. The molecule has 0 saturated carbocycles. The zero-order valence-corrected chi connectivity index (χ0v) is 26.8. The monoisotopic (exact) mass is 616 g/mol. The molecule has 240 valence electrons. The zero-order valence-electron chi connectivity index (χ0n) is 26.8. The highest BCUT2D eigenvalue weighted by Gasteiger charge is 2.19. The maximum Gasteiger partial charge on any atom is 0.322 e. The van der Waals surface area contributed by atoms with Crippen LogP contribution in [0.25, 0.3) is 0 Å². The van der Waals surface area contributed by atoms with Gasteiger partial charge in [-0.2, -0.15) is 0 Å². The van der Waals surface area contributed by atoms with Gasteiger partial charge in [0.2, 0.25) is 0 Å². The number of carbonyl (C=O) groups excluding carboxylic acids is 2. The van der Waals surface area contributed by atoms with E-state index in [-0.39, 0.29) is 17.6 Å². The van der Waals surface area contributed by atoms with Crippen molar-refractivity contribution in [2.75, 3.05) is 56.3 Å². The summed E-state index contributed by atoms with van der Waals surface area (Å²) in [6.45, 7) is 12.5. The van der Waals surface area contributed by atoms with Crippen molar-refractivity contribution in [1.29, 1.82) is 0 Å². The number of amides is 3. The number of hydrogen-bond acceptors (Lipinski definition) is 8. The largest absolute Gasteiger partial charge is 0.486 e. The summed E-state index contributed by atoms with van der Waals surface area (Å²) in [7, 11) is 4.06. The number of rotatable bonds is 13. The summed E-state index contributed by atoms with van der Waals surface area (Å²) in [6, 6.07) is 15.9. The summed E-state index contributed by atoms with van der Waals surface area (Å²) in [6.07, 6.45) is 3.41. The number of nitrogens with one attached hydrogen (secondary N) is 3. The van der Waals surface area contributed by atoms with E-state index in [4.69, 9.17) is 14.2 Å². The second kappa shape index (κ2) is 15.3. The van der Waals surface area contributed by atoms with Crippen LogP contribution in [0.5, 0.6) is 11.5 Å². The van der Waals surface area contributed by atoms with Crippen molar-refractivity contribution in [3.8, 4) is 11.5 Å². The molecule has 3 aromatic rings. The van der Waals surface area contributed by atoms with Crippen molar-refractivity contribution in [2.24, 2.45) is 0 Å². The molecule has 0 aliphatic carbocycles. The number of benzene rings is 2. The maximum absolute atomic E-state index is 13.4. The van der Waals surface area contributed by atoms with Crippen LogP contribution in [-0.2, 0) is 11.3 Å². The number of ether oxygens (including phenoxy) is 3. The highest BCUT2D eigenvalue weighted by molar-refractivity contribution is 6.04. The molecule has 0 radical (unpaired) electrons. The van der Waals surface area contributed by atoms with Crippen LogP contribution < -0.4 is 25.4 Å². The van der Waals surface area contributed by atoms with Crippen LogP contribution in [0.3, 0.4) is 0 Å². The van der Waals surface area contributed by atoms with Crippen molar-refractivity contribution >= 4 is 29.0 Å². The lowest BCUT2D eigenvalue weighted by Crippen LogP contribution is -2.35. The average Bonchev–Trinajstić information content (AvgIpc) is 2.98. The molecule has 45 heavy (non-hydrogen) atoms. The number of unbranched alkanes of at least 4 members (excludes halogenated alkanes) is 1. The third-order valence-corrected chi connectivity index (χ3v) is 6.67. The number of carbonyl (C=O) groups is 2. The number of aromatic nitrogens is 1. The number of hydrogen-bond donors (Lipinski definition) is 3.